The molecule has 2 unspecified atom stereocenters. The number of carbonyl (C=O) groups excluding carboxylic acids is 2. The van der Waals surface area contributed by atoms with E-state index < -0.39 is 0 Å². The number of esters is 2. The summed E-state index contributed by atoms with van der Waals surface area (Å²) in [6.45, 7) is 17.8. The molecule has 2 atom stereocenters. The van der Waals surface area contributed by atoms with E-state index in [-0.39, 0.29) is 45.9 Å². The van der Waals surface area contributed by atoms with Crippen LogP contribution in [0.5, 0.6) is 0 Å². The zero-order valence-corrected chi connectivity index (χ0v) is 20.9. The van der Waals surface area contributed by atoms with E-state index in [9.17, 15) is 9.59 Å². The summed E-state index contributed by atoms with van der Waals surface area (Å²) in [7, 11) is 4.15. The van der Waals surface area contributed by atoms with Gasteiger partial charge >= 0.3 is 11.9 Å². The SMILES string of the molecule is CN1C(C)(C)CC(C(=O)OCCCCOC(=O)C2CC(C)(C)N(C)C2(C)C)C1(C)C. The molecular formula is C24H44N2O4. The predicted octanol–water partition coefficient (Wildman–Crippen LogP) is 3.87. The number of unbranched alkanes of at least 4 members (excludes halogenated alkanes) is 1. The largest absolute Gasteiger partial charge is 0.465 e. The molecular weight excluding hydrogens is 380 g/mol. The summed E-state index contributed by atoms with van der Waals surface area (Å²) in [4.78, 5) is 29.8. The van der Waals surface area contributed by atoms with Crippen LogP contribution < -0.4 is 0 Å². The van der Waals surface area contributed by atoms with Gasteiger partial charge in [-0.2, -0.15) is 0 Å². The highest BCUT2D eigenvalue weighted by molar-refractivity contribution is 5.75. The van der Waals surface area contributed by atoms with Crippen molar-refractivity contribution < 1.29 is 19.1 Å². The first-order valence-electron chi connectivity index (χ1n) is 11.4. The fraction of sp³-hybridized carbons (Fsp3) is 0.917. The molecule has 2 fully saturated rings. The molecule has 0 radical (unpaired) electrons. The summed E-state index contributed by atoms with van der Waals surface area (Å²) in [5, 5.41) is 0. The molecule has 2 rings (SSSR count). The smallest absolute Gasteiger partial charge is 0.310 e. The molecule has 2 saturated heterocycles. The highest BCUT2D eigenvalue weighted by Gasteiger charge is 2.54. The Morgan fingerprint density at radius 3 is 1.23 bits per heavy atom. The summed E-state index contributed by atoms with van der Waals surface area (Å²) in [6.07, 6.45) is 3.00. The molecule has 0 aliphatic carbocycles. The van der Waals surface area contributed by atoms with E-state index in [1.807, 2.05) is 0 Å². The van der Waals surface area contributed by atoms with E-state index in [4.69, 9.17) is 9.47 Å². The number of rotatable bonds is 7. The lowest BCUT2D eigenvalue weighted by atomic mass is 9.87. The normalized spacial score (nSPS) is 29.7. The van der Waals surface area contributed by atoms with E-state index >= 15 is 0 Å². The minimum atomic E-state index is -0.217. The molecule has 0 aromatic heterocycles. The van der Waals surface area contributed by atoms with E-state index in [1.165, 1.54) is 0 Å². The molecule has 0 aromatic carbocycles. The van der Waals surface area contributed by atoms with Gasteiger partial charge in [-0.3, -0.25) is 19.4 Å². The number of nitrogens with zero attached hydrogens (tertiary/aromatic N) is 2. The Morgan fingerprint density at radius 2 is 1.00 bits per heavy atom. The Morgan fingerprint density at radius 1 is 0.700 bits per heavy atom. The third kappa shape index (κ3) is 4.69. The van der Waals surface area contributed by atoms with Gasteiger partial charge in [0.25, 0.3) is 0 Å². The molecule has 6 nitrogen and oxygen atoms in total. The van der Waals surface area contributed by atoms with E-state index in [0.717, 1.165) is 12.8 Å². The lowest BCUT2D eigenvalue weighted by Crippen LogP contribution is -2.48. The third-order valence-corrected chi connectivity index (χ3v) is 8.25. The minimum absolute atomic E-state index is 0.0158. The third-order valence-electron chi connectivity index (χ3n) is 8.25. The van der Waals surface area contributed by atoms with Crippen molar-refractivity contribution in [2.45, 2.75) is 103 Å². The van der Waals surface area contributed by atoms with Crippen LogP contribution in [0.3, 0.4) is 0 Å². The monoisotopic (exact) mass is 424 g/mol. The molecule has 6 heteroatoms. The average Bonchev–Trinajstić information content (AvgIpc) is 2.91. The highest BCUT2D eigenvalue weighted by atomic mass is 16.5. The first kappa shape index (κ1) is 25.1. The van der Waals surface area contributed by atoms with Crippen LogP contribution >= 0.6 is 0 Å². The van der Waals surface area contributed by atoms with Gasteiger partial charge in [-0.05, 0) is 95.2 Å². The van der Waals surface area contributed by atoms with Crippen molar-refractivity contribution in [2.24, 2.45) is 11.8 Å². The molecule has 2 heterocycles. The predicted molar refractivity (Wildman–Crippen MR) is 119 cm³/mol. The maximum atomic E-state index is 12.6. The topological polar surface area (TPSA) is 59.1 Å². The first-order chi connectivity index (χ1) is 13.5. The second-order valence-electron chi connectivity index (χ2n) is 11.6. The fourth-order valence-electron chi connectivity index (χ4n) is 5.29. The van der Waals surface area contributed by atoms with Gasteiger partial charge in [-0.15, -0.1) is 0 Å². The molecule has 2 aliphatic rings. The number of hydrogen-bond donors (Lipinski definition) is 0. The van der Waals surface area contributed by atoms with Crippen molar-refractivity contribution in [3.05, 3.63) is 0 Å². The van der Waals surface area contributed by atoms with Gasteiger partial charge in [-0.25, -0.2) is 0 Å². The van der Waals surface area contributed by atoms with Crippen molar-refractivity contribution in [3.63, 3.8) is 0 Å². The number of ether oxygens (including phenoxy) is 2. The van der Waals surface area contributed by atoms with Crippen LogP contribution in [0.2, 0.25) is 0 Å². The number of hydrogen-bond acceptors (Lipinski definition) is 6. The van der Waals surface area contributed by atoms with Crippen molar-refractivity contribution in [1.29, 1.82) is 0 Å². The van der Waals surface area contributed by atoms with Gasteiger partial charge in [0.15, 0.2) is 0 Å². The summed E-state index contributed by atoms with van der Waals surface area (Å²) in [5.41, 5.74) is -0.466. The molecule has 0 saturated carbocycles. The van der Waals surface area contributed by atoms with E-state index in [2.05, 4.69) is 79.3 Å². The second kappa shape index (κ2) is 8.42. The second-order valence-corrected chi connectivity index (χ2v) is 11.6. The standard InChI is InChI=1S/C24H44N2O4/c1-21(2)15-17(23(5,6)25(21)9)19(27)29-13-11-12-14-30-20(28)18-16-22(3,4)26(10)24(18,7)8/h17-18H,11-16H2,1-10H3. The molecule has 0 bridgehead atoms. The molecule has 0 aromatic rings. The zero-order chi connectivity index (χ0) is 23.1. The maximum absolute atomic E-state index is 12.6. The Hall–Kier alpha value is -1.14. The van der Waals surface area contributed by atoms with Gasteiger partial charge in [-0.1, -0.05) is 0 Å². The molecule has 30 heavy (non-hydrogen) atoms. The molecule has 0 amide bonds. The van der Waals surface area contributed by atoms with Crippen molar-refractivity contribution in [2.75, 3.05) is 27.3 Å². The maximum Gasteiger partial charge on any atom is 0.310 e. The molecule has 0 spiro atoms. The fourth-order valence-corrected chi connectivity index (χ4v) is 5.29. The summed E-state index contributed by atoms with van der Waals surface area (Å²) in [5.74, 6) is -0.486. The van der Waals surface area contributed by atoms with E-state index in [1.54, 1.807) is 0 Å². The summed E-state index contributed by atoms with van der Waals surface area (Å²) in [6, 6.07) is 0. The highest BCUT2D eigenvalue weighted by Crippen LogP contribution is 2.45. The van der Waals surface area contributed by atoms with Gasteiger partial charge < -0.3 is 9.47 Å². The van der Waals surface area contributed by atoms with Crippen LogP contribution in [0.15, 0.2) is 0 Å². The first-order valence-corrected chi connectivity index (χ1v) is 11.4. The summed E-state index contributed by atoms with van der Waals surface area (Å²) < 4.78 is 11.1. The lowest BCUT2D eigenvalue weighted by Gasteiger charge is -2.37. The molecule has 2 aliphatic heterocycles. The van der Waals surface area contributed by atoms with Gasteiger partial charge in [0.2, 0.25) is 0 Å². The van der Waals surface area contributed by atoms with Gasteiger partial charge in [0, 0.05) is 22.2 Å². The van der Waals surface area contributed by atoms with Crippen LogP contribution in [0, 0.1) is 11.8 Å². The molecule has 174 valence electrons. The van der Waals surface area contributed by atoms with Crippen LogP contribution in [-0.2, 0) is 19.1 Å². The van der Waals surface area contributed by atoms with Crippen LogP contribution in [0.1, 0.15) is 81.1 Å². The Kier molecular flexibility index (Phi) is 7.05. The van der Waals surface area contributed by atoms with Crippen molar-refractivity contribution in [3.8, 4) is 0 Å². The minimum Gasteiger partial charge on any atom is -0.465 e. The number of carbonyl (C=O) groups is 2. The van der Waals surface area contributed by atoms with Crippen molar-refractivity contribution >= 4 is 11.9 Å². The Labute approximate surface area is 183 Å². The Balaban J connectivity index is 1.72. The molecule has 0 N–H and O–H groups in total. The zero-order valence-electron chi connectivity index (χ0n) is 20.9. The van der Waals surface area contributed by atoms with Crippen LogP contribution in [0.25, 0.3) is 0 Å². The average molecular weight is 425 g/mol. The lowest BCUT2D eigenvalue weighted by molar-refractivity contribution is -0.153. The van der Waals surface area contributed by atoms with E-state index in [0.29, 0.717) is 26.1 Å². The Bertz CT molecular complexity index is 598. The van der Waals surface area contributed by atoms with Crippen LogP contribution in [-0.4, -0.2) is 71.2 Å². The van der Waals surface area contributed by atoms with Gasteiger partial charge in [0.05, 0.1) is 25.0 Å². The number of likely N-dealkylation sites (tertiary alicyclic amines) is 2. The quantitative estimate of drug-likeness (QED) is 0.457. The summed E-state index contributed by atoms with van der Waals surface area (Å²) >= 11 is 0. The van der Waals surface area contributed by atoms with Crippen molar-refractivity contribution in [1.82, 2.24) is 9.80 Å². The van der Waals surface area contributed by atoms with Gasteiger partial charge in [0.1, 0.15) is 0 Å². The van der Waals surface area contributed by atoms with Crippen LogP contribution in [0.4, 0.5) is 0 Å².